The minimum atomic E-state index is -0.821. The van der Waals surface area contributed by atoms with Crippen LogP contribution in [0.4, 0.5) is 0 Å². The monoisotopic (exact) mass is 370 g/mol. The van der Waals surface area contributed by atoms with Crippen LogP contribution in [0, 0.1) is 0 Å². The zero-order valence-electron chi connectivity index (χ0n) is 13.2. The van der Waals surface area contributed by atoms with Crippen LogP contribution in [0.3, 0.4) is 0 Å². The normalized spacial score (nSPS) is 10.2. The third kappa shape index (κ3) is 5.10. The molecule has 0 atom stereocenters. The Bertz CT molecular complexity index is 805. The van der Waals surface area contributed by atoms with Crippen LogP contribution in [0.1, 0.15) is 24.0 Å². The number of hydrogen-bond donors (Lipinski definition) is 2. The van der Waals surface area contributed by atoms with Crippen molar-refractivity contribution < 1.29 is 19.8 Å². The summed E-state index contributed by atoms with van der Waals surface area (Å²) in [6.45, 7) is 0. The van der Waals surface area contributed by atoms with E-state index < -0.39 is 11.9 Å². The van der Waals surface area contributed by atoms with Gasteiger partial charge in [0, 0.05) is 12.8 Å². The van der Waals surface area contributed by atoms with Crippen LogP contribution < -0.4 is 0 Å². The summed E-state index contributed by atoms with van der Waals surface area (Å²) in [5.74, 6) is -1.64. The molecule has 0 fully saturated rings. The molecule has 3 aromatic carbocycles. The van der Waals surface area contributed by atoms with E-state index in [-0.39, 0.29) is 72.0 Å². The van der Waals surface area contributed by atoms with E-state index in [1.54, 1.807) is 0 Å². The van der Waals surface area contributed by atoms with Gasteiger partial charge in [-0.1, -0.05) is 48.5 Å². The summed E-state index contributed by atoms with van der Waals surface area (Å²) in [4.78, 5) is 22.0. The first kappa shape index (κ1) is 23.2. The number of aliphatic carboxylic acids is 2. The third-order valence-electron chi connectivity index (χ3n) is 4.33. The number of carboxylic acid groups (broad SMARTS) is 2. The van der Waals surface area contributed by atoms with Crippen molar-refractivity contribution in [2.75, 3.05) is 0 Å². The number of benzene rings is 3. The summed E-state index contributed by atoms with van der Waals surface area (Å²) >= 11 is 0. The second kappa shape index (κ2) is 10.5. The average molecular weight is 370 g/mol. The molecular formula is C20H20Na2O4. The van der Waals surface area contributed by atoms with Crippen molar-refractivity contribution in [1.82, 2.24) is 0 Å². The molecule has 0 spiro atoms. The Balaban J connectivity index is 0.00000169. The van der Waals surface area contributed by atoms with Crippen molar-refractivity contribution in [2.24, 2.45) is 0 Å². The van der Waals surface area contributed by atoms with Gasteiger partial charge in [0.15, 0.2) is 0 Å². The Kier molecular flexibility index (Phi) is 9.31. The van der Waals surface area contributed by atoms with Crippen molar-refractivity contribution >= 4 is 92.6 Å². The fourth-order valence-corrected chi connectivity index (χ4v) is 3.31. The van der Waals surface area contributed by atoms with Gasteiger partial charge in [-0.15, -0.1) is 0 Å². The third-order valence-corrected chi connectivity index (χ3v) is 4.33. The summed E-state index contributed by atoms with van der Waals surface area (Å²) in [5.41, 5.74) is 2.03. The molecule has 0 saturated carbocycles. The van der Waals surface area contributed by atoms with E-state index in [1.807, 2.05) is 48.5 Å². The predicted molar refractivity (Wildman–Crippen MR) is 108 cm³/mol. The Morgan fingerprint density at radius 1 is 0.615 bits per heavy atom. The maximum absolute atomic E-state index is 11.0. The fraction of sp³-hybridized carbons (Fsp3) is 0.200. The topological polar surface area (TPSA) is 74.6 Å². The summed E-state index contributed by atoms with van der Waals surface area (Å²) in [6.07, 6.45) is 1.05. The van der Waals surface area contributed by atoms with Crippen molar-refractivity contribution in [2.45, 2.75) is 25.7 Å². The molecule has 0 aliphatic heterocycles. The van der Waals surface area contributed by atoms with E-state index in [2.05, 4.69) is 0 Å². The van der Waals surface area contributed by atoms with E-state index in [4.69, 9.17) is 10.2 Å². The molecule has 4 nitrogen and oxygen atoms in total. The molecule has 0 amide bonds. The Morgan fingerprint density at radius 2 is 0.885 bits per heavy atom. The molecule has 0 bridgehead atoms. The average Bonchev–Trinajstić information content (AvgIpc) is 2.57. The number of aryl methyl sites for hydroxylation is 2. The maximum atomic E-state index is 11.0. The summed E-state index contributed by atoms with van der Waals surface area (Å²) in [6, 6.07) is 15.7. The Hall–Kier alpha value is -0.880. The van der Waals surface area contributed by atoms with E-state index in [1.165, 1.54) is 0 Å². The van der Waals surface area contributed by atoms with Crippen LogP contribution in [0.25, 0.3) is 21.5 Å². The van der Waals surface area contributed by atoms with Crippen molar-refractivity contribution in [1.29, 1.82) is 0 Å². The molecule has 0 unspecified atom stereocenters. The number of rotatable bonds is 6. The van der Waals surface area contributed by atoms with Crippen LogP contribution in [0.15, 0.2) is 48.5 Å². The number of hydrogen-bond acceptors (Lipinski definition) is 2. The molecular weight excluding hydrogens is 350 g/mol. The molecule has 26 heavy (non-hydrogen) atoms. The molecule has 0 aliphatic rings. The first-order valence-electron chi connectivity index (χ1n) is 7.92. The van der Waals surface area contributed by atoms with Crippen LogP contribution >= 0.6 is 0 Å². The van der Waals surface area contributed by atoms with E-state index in [0.29, 0.717) is 12.8 Å². The molecule has 3 aromatic rings. The second-order valence-corrected chi connectivity index (χ2v) is 5.84. The van der Waals surface area contributed by atoms with Gasteiger partial charge in [-0.2, -0.15) is 0 Å². The number of carbonyl (C=O) groups is 2. The number of fused-ring (bicyclic) bond motifs is 2. The van der Waals surface area contributed by atoms with E-state index >= 15 is 0 Å². The van der Waals surface area contributed by atoms with Crippen LogP contribution in [-0.2, 0) is 22.4 Å². The molecule has 6 heteroatoms. The molecule has 0 aliphatic carbocycles. The predicted octanol–water partition coefficient (Wildman–Crippen LogP) is 2.73. The van der Waals surface area contributed by atoms with E-state index in [0.717, 1.165) is 32.7 Å². The van der Waals surface area contributed by atoms with Crippen molar-refractivity contribution in [3.63, 3.8) is 0 Å². The summed E-state index contributed by atoms with van der Waals surface area (Å²) < 4.78 is 0. The van der Waals surface area contributed by atoms with Gasteiger partial charge in [-0.3, -0.25) is 9.59 Å². The zero-order chi connectivity index (χ0) is 17.1. The van der Waals surface area contributed by atoms with Gasteiger partial charge in [-0.25, -0.2) is 0 Å². The van der Waals surface area contributed by atoms with Crippen molar-refractivity contribution in [3.05, 3.63) is 59.7 Å². The molecule has 126 valence electrons. The molecule has 2 N–H and O–H groups in total. The quantitative estimate of drug-likeness (QED) is 0.517. The van der Waals surface area contributed by atoms with Gasteiger partial charge in [0.2, 0.25) is 0 Å². The fourth-order valence-electron chi connectivity index (χ4n) is 3.31. The zero-order valence-corrected chi connectivity index (χ0v) is 13.2. The minimum absolute atomic E-state index is 0. The molecule has 0 radical (unpaired) electrons. The first-order valence-corrected chi connectivity index (χ1v) is 7.92. The van der Waals surface area contributed by atoms with Crippen LogP contribution in [-0.4, -0.2) is 81.3 Å². The van der Waals surface area contributed by atoms with Crippen molar-refractivity contribution in [3.8, 4) is 0 Å². The molecule has 0 saturated heterocycles. The standard InChI is InChI=1S/C20H18O4.2Na.2H/c21-19(22)11-9-17-13-5-1-2-6-14(13)18(10-12-20(23)24)16-8-4-3-7-15(16)17;;;;/h1-8H,9-12H2,(H,21,22)(H,23,24);;;;. The van der Waals surface area contributed by atoms with Gasteiger partial charge in [-0.05, 0) is 45.5 Å². The molecule has 0 heterocycles. The second-order valence-electron chi connectivity index (χ2n) is 5.84. The van der Waals surface area contributed by atoms with E-state index in [9.17, 15) is 9.59 Å². The number of carboxylic acids is 2. The van der Waals surface area contributed by atoms with Gasteiger partial charge < -0.3 is 10.2 Å². The first-order chi connectivity index (χ1) is 11.6. The Labute approximate surface area is 196 Å². The van der Waals surface area contributed by atoms with Gasteiger partial charge in [0.25, 0.3) is 0 Å². The SMILES string of the molecule is O=C(O)CCc1c2ccccc2c(CCC(=O)O)c2ccccc12.[NaH].[NaH]. The van der Waals surface area contributed by atoms with Gasteiger partial charge in [0.1, 0.15) is 0 Å². The summed E-state index contributed by atoms with van der Waals surface area (Å²) in [5, 5.41) is 22.2. The van der Waals surface area contributed by atoms with Gasteiger partial charge in [0.05, 0.1) is 0 Å². The van der Waals surface area contributed by atoms with Crippen LogP contribution in [0.2, 0.25) is 0 Å². The van der Waals surface area contributed by atoms with Crippen LogP contribution in [0.5, 0.6) is 0 Å². The molecule has 0 aromatic heterocycles. The molecule has 3 rings (SSSR count). The van der Waals surface area contributed by atoms with Gasteiger partial charge >= 0.3 is 71.1 Å². The Morgan fingerprint density at radius 3 is 1.12 bits per heavy atom. The summed E-state index contributed by atoms with van der Waals surface area (Å²) in [7, 11) is 0.